The highest BCUT2D eigenvalue weighted by atomic mass is 79.9. The van der Waals surface area contributed by atoms with Crippen molar-refractivity contribution in [3.05, 3.63) is 69.2 Å². The molecule has 126 valence electrons. The van der Waals surface area contributed by atoms with Crippen LogP contribution in [0.1, 0.15) is 33.2 Å². The average molecular weight is 399 g/mol. The monoisotopic (exact) mass is 398 g/mol. The van der Waals surface area contributed by atoms with Crippen molar-refractivity contribution in [1.29, 1.82) is 0 Å². The lowest BCUT2D eigenvalue weighted by atomic mass is 10.1. The van der Waals surface area contributed by atoms with E-state index < -0.39 is 30.2 Å². The van der Waals surface area contributed by atoms with E-state index in [1.54, 1.807) is 6.92 Å². The Morgan fingerprint density at radius 3 is 1.88 bits per heavy atom. The number of halogens is 3. The predicted molar refractivity (Wildman–Crippen MR) is 85.6 cm³/mol. The minimum Gasteiger partial charge on any atom is -0.462 e. The zero-order valence-electron chi connectivity index (χ0n) is 12.6. The summed E-state index contributed by atoms with van der Waals surface area (Å²) in [7, 11) is 0. The van der Waals surface area contributed by atoms with Crippen LogP contribution in [0.15, 0.2) is 40.9 Å². The number of rotatable bonds is 5. The molecule has 2 aromatic rings. The average Bonchev–Trinajstić information content (AvgIpc) is 2.54. The van der Waals surface area contributed by atoms with Gasteiger partial charge in [0.05, 0.1) is 23.3 Å². The Morgan fingerprint density at radius 2 is 1.42 bits per heavy atom. The molecule has 4 nitrogen and oxygen atoms in total. The van der Waals surface area contributed by atoms with Crippen molar-refractivity contribution < 1.29 is 27.8 Å². The molecule has 24 heavy (non-hydrogen) atoms. The maximum absolute atomic E-state index is 13.7. The molecule has 0 N–H and O–H groups in total. The van der Waals surface area contributed by atoms with Crippen molar-refractivity contribution in [3.63, 3.8) is 0 Å². The molecule has 2 aromatic carbocycles. The fraction of sp³-hybridized carbons (Fsp3) is 0.176. The van der Waals surface area contributed by atoms with Crippen LogP contribution < -0.4 is 0 Å². The maximum Gasteiger partial charge on any atom is 0.338 e. The molecular formula is C17H13BrF2O4. The molecule has 0 heterocycles. The SMILES string of the molecule is CCOC(=O)c1ccc(C(=O)OCc2c(F)cc(Br)cc2F)cc1. The molecule has 0 aliphatic carbocycles. The van der Waals surface area contributed by atoms with Crippen molar-refractivity contribution in [2.75, 3.05) is 6.61 Å². The number of hydrogen-bond acceptors (Lipinski definition) is 4. The van der Waals surface area contributed by atoms with Gasteiger partial charge in [0.15, 0.2) is 0 Å². The predicted octanol–water partition coefficient (Wildman–Crippen LogP) is 4.26. The highest BCUT2D eigenvalue weighted by molar-refractivity contribution is 9.10. The van der Waals surface area contributed by atoms with E-state index in [0.29, 0.717) is 5.56 Å². The highest BCUT2D eigenvalue weighted by Gasteiger charge is 2.15. The van der Waals surface area contributed by atoms with Gasteiger partial charge in [0.25, 0.3) is 0 Å². The minimum atomic E-state index is -0.813. The van der Waals surface area contributed by atoms with Crippen molar-refractivity contribution in [2.45, 2.75) is 13.5 Å². The summed E-state index contributed by atoms with van der Waals surface area (Å²) >= 11 is 2.97. The molecule has 0 unspecified atom stereocenters. The second-order valence-corrected chi connectivity index (χ2v) is 5.64. The van der Waals surface area contributed by atoms with Gasteiger partial charge < -0.3 is 9.47 Å². The molecule has 0 amide bonds. The van der Waals surface area contributed by atoms with Crippen LogP contribution in [0.2, 0.25) is 0 Å². The summed E-state index contributed by atoms with van der Waals surface area (Å²) < 4.78 is 37.3. The van der Waals surface area contributed by atoms with E-state index in [2.05, 4.69) is 15.9 Å². The van der Waals surface area contributed by atoms with E-state index in [4.69, 9.17) is 9.47 Å². The third kappa shape index (κ3) is 4.38. The molecule has 7 heteroatoms. The molecule has 0 radical (unpaired) electrons. The van der Waals surface area contributed by atoms with Crippen LogP contribution in [-0.4, -0.2) is 18.5 Å². The lowest BCUT2D eigenvalue weighted by Gasteiger charge is -2.08. The van der Waals surface area contributed by atoms with Crippen LogP contribution in [0, 0.1) is 11.6 Å². The lowest BCUT2D eigenvalue weighted by molar-refractivity contribution is 0.0461. The van der Waals surface area contributed by atoms with Crippen LogP contribution in [0.3, 0.4) is 0 Å². The van der Waals surface area contributed by atoms with Crippen molar-refractivity contribution >= 4 is 27.9 Å². The summed E-state index contributed by atoms with van der Waals surface area (Å²) in [4.78, 5) is 23.4. The molecule has 0 aliphatic rings. The van der Waals surface area contributed by atoms with Gasteiger partial charge in [0, 0.05) is 4.47 Å². The smallest absolute Gasteiger partial charge is 0.338 e. The van der Waals surface area contributed by atoms with E-state index in [1.807, 2.05) is 0 Å². The van der Waals surface area contributed by atoms with E-state index in [9.17, 15) is 18.4 Å². The molecule has 0 saturated heterocycles. The normalized spacial score (nSPS) is 10.3. The van der Waals surface area contributed by atoms with Gasteiger partial charge in [-0.05, 0) is 43.3 Å². The molecule has 0 bridgehead atoms. The summed E-state index contributed by atoms with van der Waals surface area (Å²) in [5.41, 5.74) is 0.106. The Balaban J connectivity index is 2.04. The van der Waals surface area contributed by atoms with Gasteiger partial charge in [0.2, 0.25) is 0 Å². The Labute approximate surface area is 145 Å². The third-order valence-electron chi connectivity index (χ3n) is 3.09. The van der Waals surface area contributed by atoms with Crippen molar-refractivity contribution in [3.8, 4) is 0 Å². The van der Waals surface area contributed by atoms with Gasteiger partial charge in [-0.2, -0.15) is 0 Å². The van der Waals surface area contributed by atoms with Crippen molar-refractivity contribution in [2.24, 2.45) is 0 Å². The van der Waals surface area contributed by atoms with E-state index >= 15 is 0 Å². The largest absolute Gasteiger partial charge is 0.462 e. The van der Waals surface area contributed by atoms with Gasteiger partial charge in [-0.1, -0.05) is 15.9 Å². The van der Waals surface area contributed by atoms with Crippen molar-refractivity contribution in [1.82, 2.24) is 0 Å². The summed E-state index contributed by atoms with van der Waals surface area (Å²) in [6, 6.07) is 7.75. The summed E-state index contributed by atoms with van der Waals surface area (Å²) in [6.07, 6.45) is 0. The van der Waals surface area contributed by atoms with Crippen LogP contribution in [0.25, 0.3) is 0 Å². The number of benzene rings is 2. The van der Waals surface area contributed by atoms with Crippen LogP contribution in [0.4, 0.5) is 8.78 Å². The van der Waals surface area contributed by atoms with Gasteiger partial charge in [-0.3, -0.25) is 0 Å². The number of carbonyl (C=O) groups is 2. The molecule has 0 saturated carbocycles. The first-order valence-corrected chi connectivity index (χ1v) is 7.79. The fourth-order valence-corrected chi connectivity index (χ4v) is 2.29. The zero-order chi connectivity index (χ0) is 17.7. The topological polar surface area (TPSA) is 52.6 Å². The molecule has 0 aromatic heterocycles. The Kier molecular flexibility index (Phi) is 6.03. The molecule has 0 fully saturated rings. The fourth-order valence-electron chi connectivity index (χ4n) is 1.89. The Bertz CT molecular complexity index is 737. The lowest BCUT2D eigenvalue weighted by Crippen LogP contribution is -2.09. The third-order valence-corrected chi connectivity index (χ3v) is 3.54. The second-order valence-electron chi connectivity index (χ2n) is 4.72. The Morgan fingerprint density at radius 1 is 0.958 bits per heavy atom. The summed E-state index contributed by atoms with van der Waals surface area (Å²) in [5, 5.41) is 0. The summed E-state index contributed by atoms with van der Waals surface area (Å²) in [6.45, 7) is 1.39. The number of carbonyl (C=O) groups excluding carboxylic acids is 2. The first-order chi connectivity index (χ1) is 11.4. The van der Waals surface area contributed by atoms with Crippen LogP contribution >= 0.6 is 15.9 Å². The van der Waals surface area contributed by atoms with Gasteiger partial charge in [-0.15, -0.1) is 0 Å². The van der Waals surface area contributed by atoms with Gasteiger partial charge in [0.1, 0.15) is 18.2 Å². The Hall–Kier alpha value is -2.28. The zero-order valence-corrected chi connectivity index (χ0v) is 14.2. The van der Waals surface area contributed by atoms with Crippen LogP contribution in [-0.2, 0) is 16.1 Å². The molecule has 0 aliphatic heterocycles. The molecule has 0 atom stereocenters. The number of hydrogen-bond donors (Lipinski definition) is 0. The van der Waals surface area contributed by atoms with E-state index in [1.165, 1.54) is 24.3 Å². The standard InChI is InChI=1S/C17H13BrF2O4/c1-2-23-16(21)10-3-5-11(6-4-10)17(22)24-9-13-14(19)7-12(18)8-15(13)20/h3-8H,2,9H2,1H3. The number of ether oxygens (including phenoxy) is 2. The minimum absolute atomic E-state index is 0.154. The quantitative estimate of drug-likeness (QED) is 0.706. The van der Waals surface area contributed by atoms with E-state index in [-0.39, 0.29) is 22.2 Å². The second kappa shape index (κ2) is 8.01. The first kappa shape index (κ1) is 18.1. The van der Waals surface area contributed by atoms with Gasteiger partial charge in [-0.25, -0.2) is 18.4 Å². The number of esters is 2. The maximum atomic E-state index is 13.7. The van der Waals surface area contributed by atoms with E-state index in [0.717, 1.165) is 12.1 Å². The molecule has 0 spiro atoms. The highest BCUT2D eigenvalue weighted by Crippen LogP contribution is 2.20. The van der Waals surface area contributed by atoms with Gasteiger partial charge >= 0.3 is 11.9 Å². The van der Waals surface area contributed by atoms with Crippen LogP contribution in [0.5, 0.6) is 0 Å². The first-order valence-electron chi connectivity index (χ1n) is 7.00. The molecular weight excluding hydrogens is 386 g/mol. The summed E-state index contributed by atoms with van der Waals surface area (Å²) in [5.74, 6) is -2.89. The molecule has 2 rings (SSSR count).